The summed E-state index contributed by atoms with van der Waals surface area (Å²) in [7, 11) is 0. The van der Waals surface area contributed by atoms with Crippen LogP contribution in [0, 0.1) is 0 Å². The fourth-order valence-corrected chi connectivity index (χ4v) is 3.75. The predicted molar refractivity (Wildman–Crippen MR) is 106 cm³/mol. The van der Waals surface area contributed by atoms with Gasteiger partial charge in [-0.25, -0.2) is 0 Å². The van der Waals surface area contributed by atoms with E-state index in [1.807, 2.05) is 18.2 Å². The number of hydrogen-bond acceptors (Lipinski definition) is 2. The molecule has 1 saturated carbocycles. The minimum absolute atomic E-state index is 0.155. The zero-order valence-electron chi connectivity index (χ0n) is 14.2. The molecule has 1 aliphatic rings. The van der Waals surface area contributed by atoms with Crippen molar-refractivity contribution in [1.82, 2.24) is 0 Å². The van der Waals surface area contributed by atoms with Crippen molar-refractivity contribution in [2.45, 2.75) is 44.4 Å². The first kappa shape index (κ1) is 18.3. The van der Waals surface area contributed by atoms with E-state index < -0.39 is 0 Å². The van der Waals surface area contributed by atoms with E-state index in [-0.39, 0.29) is 5.78 Å². The lowest BCUT2D eigenvalue weighted by Gasteiger charge is -2.22. The van der Waals surface area contributed by atoms with E-state index in [0.717, 1.165) is 11.3 Å². The summed E-state index contributed by atoms with van der Waals surface area (Å²) < 4.78 is 0. The van der Waals surface area contributed by atoms with Gasteiger partial charge >= 0.3 is 0 Å². The summed E-state index contributed by atoms with van der Waals surface area (Å²) in [6.07, 6.45) is 7.01. The van der Waals surface area contributed by atoms with Gasteiger partial charge in [0, 0.05) is 24.2 Å². The van der Waals surface area contributed by atoms with Crippen LogP contribution in [0.25, 0.3) is 0 Å². The van der Waals surface area contributed by atoms with Crippen LogP contribution in [-0.2, 0) is 0 Å². The first-order valence-corrected chi connectivity index (χ1v) is 9.71. The number of carbonyl (C=O) groups excluding carboxylic acids is 1. The van der Waals surface area contributed by atoms with Crippen molar-refractivity contribution in [2.24, 2.45) is 0 Å². The summed E-state index contributed by atoms with van der Waals surface area (Å²) >= 11 is 11.9. The van der Waals surface area contributed by atoms with Gasteiger partial charge in [0.2, 0.25) is 0 Å². The molecule has 1 aliphatic carbocycles. The highest BCUT2D eigenvalue weighted by Crippen LogP contribution is 2.32. The third-order valence-corrected chi connectivity index (χ3v) is 5.65. The Bertz CT molecular complexity index is 721. The van der Waals surface area contributed by atoms with Crippen LogP contribution in [0.5, 0.6) is 0 Å². The van der Waals surface area contributed by atoms with E-state index in [0.29, 0.717) is 28.9 Å². The molecule has 0 saturated heterocycles. The molecule has 0 aromatic heterocycles. The van der Waals surface area contributed by atoms with Crippen LogP contribution < -0.4 is 5.32 Å². The molecule has 0 unspecified atom stereocenters. The minimum Gasteiger partial charge on any atom is -0.385 e. The van der Waals surface area contributed by atoms with Gasteiger partial charge in [-0.3, -0.25) is 4.79 Å². The Balaban J connectivity index is 1.51. The van der Waals surface area contributed by atoms with Crippen molar-refractivity contribution in [1.29, 1.82) is 0 Å². The normalized spacial score (nSPS) is 15.1. The fourth-order valence-electron chi connectivity index (χ4n) is 3.45. The number of nitrogens with one attached hydrogen (secondary N) is 1. The van der Waals surface area contributed by atoms with Crippen molar-refractivity contribution in [2.75, 3.05) is 11.9 Å². The Morgan fingerprint density at radius 2 is 1.68 bits per heavy atom. The van der Waals surface area contributed by atoms with Gasteiger partial charge in [0.25, 0.3) is 0 Å². The fraction of sp³-hybridized carbons (Fsp3) is 0.381. The number of Topliss-reactive ketones (excluding diaryl/α,β-unsaturated/α-hetero) is 1. The second-order valence-electron chi connectivity index (χ2n) is 6.69. The zero-order chi connectivity index (χ0) is 17.6. The highest BCUT2D eigenvalue weighted by molar-refractivity contribution is 6.42. The van der Waals surface area contributed by atoms with Crippen LogP contribution in [0.2, 0.25) is 10.0 Å². The van der Waals surface area contributed by atoms with Gasteiger partial charge in [-0.1, -0.05) is 66.7 Å². The average molecular weight is 376 g/mol. The van der Waals surface area contributed by atoms with Crippen molar-refractivity contribution < 1.29 is 4.79 Å². The molecule has 0 radical (unpaired) electrons. The SMILES string of the molecule is O=C(CCNc1ccc(Cl)c(Cl)c1)c1ccc(C2CCCCC2)cc1. The van der Waals surface area contributed by atoms with Gasteiger partial charge in [-0.2, -0.15) is 0 Å². The summed E-state index contributed by atoms with van der Waals surface area (Å²) in [5.41, 5.74) is 3.04. The third kappa shape index (κ3) is 4.99. The van der Waals surface area contributed by atoms with Crippen molar-refractivity contribution in [3.63, 3.8) is 0 Å². The van der Waals surface area contributed by atoms with Crippen LogP contribution in [-0.4, -0.2) is 12.3 Å². The number of anilines is 1. The Hall–Kier alpha value is -1.51. The molecule has 132 valence electrons. The molecule has 3 rings (SSSR count). The maximum atomic E-state index is 12.4. The number of hydrogen-bond donors (Lipinski definition) is 1. The standard InChI is InChI=1S/C21H23Cl2NO/c22-19-11-10-18(14-20(19)23)24-13-12-21(25)17-8-6-16(7-9-17)15-4-2-1-3-5-15/h6-11,14-15,24H,1-5,12-13H2. The van der Waals surface area contributed by atoms with E-state index in [2.05, 4.69) is 17.4 Å². The molecule has 0 atom stereocenters. The quantitative estimate of drug-likeness (QED) is 0.567. The number of carbonyl (C=O) groups is 1. The molecular formula is C21H23Cl2NO. The van der Waals surface area contributed by atoms with E-state index in [9.17, 15) is 4.79 Å². The number of benzene rings is 2. The molecule has 2 aromatic carbocycles. The second kappa shape index (κ2) is 8.73. The largest absolute Gasteiger partial charge is 0.385 e. The molecule has 1 fully saturated rings. The molecule has 2 aromatic rings. The average Bonchev–Trinajstić information content (AvgIpc) is 2.65. The smallest absolute Gasteiger partial charge is 0.164 e. The first-order valence-electron chi connectivity index (χ1n) is 8.95. The lowest BCUT2D eigenvalue weighted by atomic mass is 9.84. The van der Waals surface area contributed by atoms with Crippen LogP contribution >= 0.6 is 23.2 Å². The van der Waals surface area contributed by atoms with Gasteiger partial charge in [0.15, 0.2) is 5.78 Å². The van der Waals surface area contributed by atoms with E-state index >= 15 is 0 Å². The number of rotatable bonds is 6. The Kier molecular flexibility index (Phi) is 6.39. The number of ketones is 1. The maximum absolute atomic E-state index is 12.4. The molecule has 2 nitrogen and oxygen atoms in total. The van der Waals surface area contributed by atoms with Crippen molar-refractivity contribution >= 4 is 34.7 Å². The first-order chi connectivity index (χ1) is 12.1. The van der Waals surface area contributed by atoms with Crippen LogP contribution in [0.4, 0.5) is 5.69 Å². The molecule has 0 heterocycles. The molecule has 0 aliphatic heterocycles. The van der Waals surface area contributed by atoms with Gasteiger partial charge < -0.3 is 5.32 Å². The molecule has 0 spiro atoms. The Labute approximate surface area is 159 Å². The highest BCUT2D eigenvalue weighted by Gasteiger charge is 2.15. The summed E-state index contributed by atoms with van der Waals surface area (Å²) in [5, 5.41) is 4.25. The molecule has 4 heteroatoms. The molecule has 1 N–H and O–H groups in total. The van der Waals surface area contributed by atoms with Crippen molar-refractivity contribution in [3.05, 3.63) is 63.6 Å². The molecule has 0 bridgehead atoms. The molecule has 25 heavy (non-hydrogen) atoms. The lowest BCUT2D eigenvalue weighted by Crippen LogP contribution is -2.09. The van der Waals surface area contributed by atoms with Crippen LogP contribution in [0.15, 0.2) is 42.5 Å². The summed E-state index contributed by atoms with van der Waals surface area (Å²) in [6.45, 7) is 0.571. The zero-order valence-corrected chi connectivity index (χ0v) is 15.7. The van der Waals surface area contributed by atoms with Crippen LogP contribution in [0.1, 0.15) is 60.4 Å². The highest BCUT2D eigenvalue weighted by atomic mass is 35.5. The summed E-state index contributed by atoms with van der Waals surface area (Å²) in [6, 6.07) is 13.6. The van der Waals surface area contributed by atoms with Gasteiger partial charge in [0.1, 0.15) is 0 Å². The topological polar surface area (TPSA) is 29.1 Å². The third-order valence-electron chi connectivity index (χ3n) is 4.91. The van der Waals surface area contributed by atoms with Crippen LogP contribution in [0.3, 0.4) is 0 Å². The van der Waals surface area contributed by atoms with E-state index in [4.69, 9.17) is 23.2 Å². The van der Waals surface area contributed by atoms with Crippen molar-refractivity contribution in [3.8, 4) is 0 Å². The number of halogens is 2. The Morgan fingerprint density at radius 1 is 0.960 bits per heavy atom. The monoisotopic (exact) mass is 375 g/mol. The second-order valence-corrected chi connectivity index (χ2v) is 7.50. The van der Waals surface area contributed by atoms with Gasteiger partial charge in [0.05, 0.1) is 10.0 Å². The Morgan fingerprint density at radius 3 is 2.36 bits per heavy atom. The van der Waals surface area contributed by atoms with E-state index in [1.54, 1.807) is 12.1 Å². The van der Waals surface area contributed by atoms with Gasteiger partial charge in [-0.05, 0) is 42.5 Å². The van der Waals surface area contributed by atoms with E-state index in [1.165, 1.54) is 37.7 Å². The maximum Gasteiger partial charge on any atom is 0.164 e. The summed E-state index contributed by atoms with van der Waals surface area (Å²) in [5.74, 6) is 0.831. The predicted octanol–water partition coefficient (Wildman–Crippen LogP) is 6.73. The molecule has 0 amide bonds. The molecular weight excluding hydrogens is 353 g/mol. The minimum atomic E-state index is 0.155. The summed E-state index contributed by atoms with van der Waals surface area (Å²) in [4.78, 5) is 12.4. The lowest BCUT2D eigenvalue weighted by molar-refractivity contribution is 0.0986. The van der Waals surface area contributed by atoms with Gasteiger partial charge in [-0.15, -0.1) is 0 Å².